The number of benzene rings is 1. The van der Waals surface area contributed by atoms with Crippen molar-refractivity contribution >= 4 is 5.97 Å². The van der Waals surface area contributed by atoms with Crippen LogP contribution in [0.1, 0.15) is 10.4 Å². The summed E-state index contributed by atoms with van der Waals surface area (Å²) in [5.41, 5.74) is -1.19. The zero-order valence-electron chi connectivity index (χ0n) is 18.2. The molecule has 192 valence electrons. The second-order valence-corrected chi connectivity index (χ2v) is 8.99. The lowest BCUT2D eigenvalue weighted by Gasteiger charge is -2.43. The molecule has 0 bridgehead atoms. The van der Waals surface area contributed by atoms with Gasteiger partial charge in [-0.05, 0) is 24.3 Å². The van der Waals surface area contributed by atoms with Gasteiger partial charge in [0, 0.05) is 5.92 Å². The second kappa shape index (κ2) is 8.87. The van der Waals surface area contributed by atoms with Gasteiger partial charge in [-0.1, -0.05) is 0 Å². The third-order valence-corrected chi connectivity index (χ3v) is 7.05. The van der Waals surface area contributed by atoms with Crippen LogP contribution in [-0.4, -0.2) is 110 Å². The molecule has 1 aliphatic carbocycles. The number of hydrogen-bond donors (Lipinski definition) is 7. The highest BCUT2D eigenvalue weighted by atomic mass is 16.8. The van der Waals surface area contributed by atoms with Gasteiger partial charge in [0.2, 0.25) is 6.29 Å². The van der Waals surface area contributed by atoms with Crippen LogP contribution >= 0.6 is 0 Å². The van der Waals surface area contributed by atoms with Crippen molar-refractivity contribution in [3.05, 3.63) is 36.1 Å². The van der Waals surface area contributed by atoms with Crippen molar-refractivity contribution in [3.8, 4) is 11.5 Å². The Morgan fingerprint density at radius 2 is 1.80 bits per heavy atom. The molecule has 1 saturated carbocycles. The molecule has 5 rings (SSSR count). The van der Waals surface area contributed by atoms with Crippen LogP contribution in [0.25, 0.3) is 0 Å². The van der Waals surface area contributed by atoms with Gasteiger partial charge in [-0.3, -0.25) is 0 Å². The molecule has 0 aromatic heterocycles. The van der Waals surface area contributed by atoms with Gasteiger partial charge in [-0.15, -0.1) is 0 Å². The minimum absolute atomic E-state index is 0.0100. The zero-order chi connectivity index (χ0) is 25.1. The van der Waals surface area contributed by atoms with Gasteiger partial charge in [0.25, 0.3) is 0 Å². The fourth-order valence-corrected chi connectivity index (χ4v) is 5.13. The fourth-order valence-electron chi connectivity index (χ4n) is 5.13. The average Bonchev–Trinajstić information content (AvgIpc) is 3.53. The Kier molecular flexibility index (Phi) is 6.14. The van der Waals surface area contributed by atoms with Gasteiger partial charge < -0.3 is 59.4 Å². The van der Waals surface area contributed by atoms with E-state index in [0.29, 0.717) is 0 Å². The maximum Gasteiger partial charge on any atom is 0.338 e. The van der Waals surface area contributed by atoms with Crippen LogP contribution in [0.15, 0.2) is 30.5 Å². The molecule has 0 amide bonds. The SMILES string of the molecule is O=C(O[C@H]1[C@H]2C=CO[C@@H](O[C@@H]3O[C@@H](CO)[C@@H](O)[C@@H](O)[C@@H]3O)[C@@H]2[C@@]2(CO)O[C@@H]12)c1ccc(O)c(O)c1. The van der Waals surface area contributed by atoms with Gasteiger partial charge in [0.1, 0.15) is 42.2 Å². The maximum atomic E-state index is 12.7. The van der Waals surface area contributed by atoms with Gasteiger partial charge in [-0.2, -0.15) is 0 Å². The standard InChI is InChI=1S/C22H26O13/c23-6-12-14(27)15(28)16(29)21(32-12)34-20-13-9(3-4-31-20)17(18-22(13,7-24)35-18)33-19(30)8-1-2-10(25)11(26)5-8/h1-5,9,12-18,20-21,23-29H,6-7H2/t9-,12-,13+,14+,15+,16-,17-,18-,20-,21-,22+/m0/s1. The number of carbonyl (C=O) groups is 1. The van der Waals surface area contributed by atoms with E-state index in [0.717, 1.165) is 12.1 Å². The molecule has 3 aliphatic heterocycles. The number of aliphatic hydroxyl groups is 5. The van der Waals surface area contributed by atoms with E-state index in [1.165, 1.54) is 12.3 Å². The molecule has 35 heavy (non-hydrogen) atoms. The van der Waals surface area contributed by atoms with Crippen LogP contribution < -0.4 is 0 Å². The molecule has 11 atom stereocenters. The van der Waals surface area contributed by atoms with Crippen molar-refractivity contribution in [1.82, 2.24) is 0 Å². The molecule has 2 saturated heterocycles. The van der Waals surface area contributed by atoms with Gasteiger partial charge in [-0.25, -0.2) is 4.79 Å². The summed E-state index contributed by atoms with van der Waals surface area (Å²) in [6.45, 7) is -1.10. The predicted octanol–water partition coefficient (Wildman–Crippen LogP) is -2.31. The molecule has 1 aromatic rings. The summed E-state index contributed by atoms with van der Waals surface area (Å²) in [6.07, 6.45) is -7.39. The largest absolute Gasteiger partial charge is 0.504 e. The van der Waals surface area contributed by atoms with Crippen molar-refractivity contribution in [2.24, 2.45) is 11.8 Å². The lowest BCUT2D eigenvalue weighted by Crippen LogP contribution is -2.60. The van der Waals surface area contributed by atoms with E-state index in [1.54, 1.807) is 6.08 Å². The van der Waals surface area contributed by atoms with Crippen LogP contribution in [0, 0.1) is 11.8 Å². The van der Waals surface area contributed by atoms with E-state index in [1.807, 2.05) is 0 Å². The Morgan fingerprint density at radius 1 is 1.03 bits per heavy atom. The predicted molar refractivity (Wildman–Crippen MR) is 110 cm³/mol. The Hall–Kier alpha value is -2.49. The van der Waals surface area contributed by atoms with E-state index in [9.17, 15) is 40.5 Å². The number of fused-ring (bicyclic) bond motifs is 3. The number of carbonyl (C=O) groups excluding carboxylic acids is 1. The second-order valence-electron chi connectivity index (χ2n) is 8.99. The quantitative estimate of drug-likeness (QED) is 0.125. The zero-order valence-corrected chi connectivity index (χ0v) is 18.2. The van der Waals surface area contributed by atoms with Crippen molar-refractivity contribution in [2.75, 3.05) is 13.2 Å². The summed E-state index contributed by atoms with van der Waals surface area (Å²) in [7, 11) is 0. The number of phenols is 2. The first-order valence-electron chi connectivity index (χ1n) is 11.0. The van der Waals surface area contributed by atoms with Crippen LogP contribution in [-0.2, 0) is 23.7 Å². The van der Waals surface area contributed by atoms with Gasteiger partial charge in [0.15, 0.2) is 17.8 Å². The Labute approximate surface area is 198 Å². The molecule has 3 heterocycles. The lowest BCUT2D eigenvalue weighted by molar-refractivity contribution is -0.344. The molecule has 1 aromatic carbocycles. The van der Waals surface area contributed by atoms with Crippen LogP contribution in [0.5, 0.6) is 11.5 Å². The minimum atomic E-state index is -1.67. The highest BCUT2D eigenvalue weighted by molar-refractivity contribution is 5.90. The van der Waals surface area contributed by atoms with E-state index < -0.39 is 97.3 Å². The number of aromatic hydroxyl groups is 2. The third kappa shape index (κ3) is 3.84. The molecule has 13 nitrogen and oxygen atoms in total. The monoisotopic (exact) mass is 498 g/mol. The summed E-state index contributed by atoms with van der Waals surface area (Å²) in [4.78, 5) is 12.7. The van der Waals surface area contributed by atoms with E-state index in [2.05, 4.69) is 0 Å². The minimum Gasteiger partial charge on any atom is -0.504 e. The topological polar surface area (TPSA) is 208 Å². The molecule has 0 radical (unpaired) electrons. The Morgan fingerprint density at radius 3 is 2.49 bits per heavy atom. The van der Waals surface area contributed by atoms with Gasteiger partial charge >= 0.3 is 5.97 Å². The Balaban J connectivity index is 1.35. The van der Waals surface area contributed by atoms with Crippen LogP contribution in [0.3, 0.4) is 0 Å². The third-order valence-electron chi connectivity index (χ3n) is 7.05. The highest BCUT2D eigenvalue weighted by Gasteiger charge is 2.77. The molecule has 13 heteroatoms. The van der Waals surface area contributed by atoms with E-state index in [-0.39, 0.29) is 5.56 Å². The first kappa shape index (κ1) is 24.2. The molecule has 0 unspecified atom stereocenters. The average molecular weight is 498 g/mol. The fraction of sp³-hybridized carbons (Fsp3) is 0.591. The number of rotatable bonds is 6. The Bertz CT molecular complexity index is 998. The number of epoxide rings is 1. The van der Waals surface area contributed by atoms with Crippen LogP contribution in [0.4, 0.5) is 0 Å². The number of hydrogen-bond acceptors (Lipinski definition) is 13. The summed E-state index contributed by atoms with van der Waals surface area (Å²) in [5, 5.41) is 69.0. The molecule has 3 fully saturated rings. The number of aliphatic hydroxyl groups excluding tert-OH is 5. The van der Waals surface area contributed by atoms with Crippen molar-refractivity contribution in [2.45, 2.75) is 54.8 Å². The first-order valence-corrected chi connectivity index (χ1v) is 11.0. The van der Waals surface area contributed by atoms with Crippen LogP contribution in [0.2, 0.25) is 0 Å². The normalized spacial score (nSPS) is 43.7. The molecule has 0 spiro atoms. The molecule has 7 N–H and O–H groups in total. The maximum absolute atomic E-state index is 12.7. The van der Waals surface area contributed by atoms with E-state index >= 15 is 0 Å². The first-order chi connectivity index (χ1) is 16.7. The summed E-state index contributed by atoms with van der Waals surface area (Å²) >= 11 is 0. The van der Waals surface area contributed by atoms with Crippen molar-refractivity contribution in [3.63, 3.8) is 0 Å². The molecular formula is C22H26O13. The van der Waals surface area contributed by atoms with Crippen molar-refractivity contribution < 1.29 is 64.2 Å². The number of esters is 1. The van der Waals surface area contributed by atoms with E-state index in [4.69, 9.17) is 23.7 Å². The molecular weight excluding hydrogens is 472 g/mol. The highest BCUT2D eigenvalue weighted by Crippen LogP contribution is 2.60. The summed E-state index contributed by atoms with van der Waals surface area (Å²) in [6, 6.07) is 3.48. The lowest BCUT2D eigenvalue weighted by atomic mass is 9.85. The van der Waals surface area contributed by atoms with Gasteiger partial charge in [0.05, 0.1) is 31.0 Å². The summed E-state index contributed by atoms with van der Waals surface area (Å²) in [5.74, 6) is -2.94. The number of phenolic OH excluding ortho intramolecular Hbond substituents is 2. The smallest absolute Gasteiger partial charge is 0.338 e. The summed E-state index contributed by atoms with van der Waals surface area (Å²) < 4.78 is 28.1. The number of ether oxygens (including phenoxy) is 5. The molecule has 4 aliphatic rings. The van der Waals surface area contributed by atoms with Crippen molar-refractivity contribution in [1.29, 1.82) is 0 Å².